The number of fused-ring (bicyclic) bond motifs is 2. The zero-order chi connectivity index (χ0) is 18.9. The Balaban J connectivity index is 2.13. The van der Waals surface area contributed by atoms with Crippen molar-refractivity contribution in [3.63, 3.8) is 0 Å². The van der Waals surface area contributed by atoms with Gasteiger partial charge >= 0.3 is 12.4 Å². The van der Waals surface area contributed by atoms with E-state index in [2.05, 4.69) is 0 Å². The third kappa shape index (κ3) is 2.79. The standard InChI is InChI=1S/C14H15F6IN4/c1-22-9-5-7-8(24(3)12(23(7)2)14(18,19)20)6-10(9)25(4)21-11(22)13(15,16)17/h5-6,12H,1-4H3. The topological polar surface area (TPSA) is 13.0 Å². The largest absolute Gasteiger partial charge is 0.438 e. The molecule has 2 aliphatic rings. The maximum atomic E-state index is 13.3. The van der Waals surface area contributed by atoms with Crippen LogP contribution in [0, 0.1) is 0 Å². The van der Waals surface area contributed by atoms with E-state index in [0.717, 1.165) is 14.7 Å². The Hall–Kier alpha value is -1.40. The average Bonchev–Trinajstić information content (AvgIpc) is 2.71. The number of hydrogen-bond acceptors (Lipinski definition) is 4. The lowest BCUT2D eigenvalue weighted by molar-refractivity contribution is -0.145. The second-order valence-electron chi connectivity index (χ2n) is 5.88. The lowest BCUT2D eigenvalue weighted by Crippen LogP contribution is -2.50. The first-order valence-corrected chi connectivity index (χ1v) is 9.15. The van der Waals surface area contributed by atoms with E-state index in [-0.39, 0.29) is 11.4 Å². The van der Waals surface area contributed by atoms with Crippen molar-refractivity contribution >= 4 is 47.4 Å². The van der Waals surface area contributed by atoms with Crippen LogP contribution in [0.5, 0.6) is 0 Å². The number of nitrogens with zero attached hydrogens (tertiary/aromatic N) is 4. The summed E-state index contributed by atoms with van der Waals surface area (Å²) in [5.41, 5.74) is 1.36. The first-order chi connectivity index (χ1) is 11.3. The van der Waals surface area contributed by atoms with Crippen LogP contribution in [-0.4, -0.2) is 50.3 Å². The van der Waals surface area contributed by atoms with E-state index in [1.807, 2.05) is 0 Å². The Kier molecular flexibility index (Phi) is 4.08. The third-order valence-corrected chi connectivity index (χ3v) is 7.32. The van der Waals surface area contributed by atoms with Crippen LogP contribution < -0.4 is 17.8 Å². The Morgan fingerprint density at radius 2 is 1.28 bits per heavy atom. The molecule has 11 heteroatoms. The highest BCUT2D eigenvalue weighted by atomic mass is 127. The SMILES string of the molecule is CN1I=C(C(F)(F)F)N(C)c2cc3c(cc21)N(C)C(C(F)(F)F)N3C. The first-order valence-electron chi connectivity index (χ1n) is 7.11. The van der Waals surface area contributed by atoms with Crippen molar-refractivity contribution in [2.24, 2.45) is 0 Å². The summed E-state index contributed by atoms with van der Waals surface area (Å²) in [5, 5.41) is 0. The van der Waals surface area contributed by atoms with Gasteiger partial charge in [-0.1, -0.05) is 0 Å². The van der Waals surface area contributed by atoms with Crippen LogP contribution in [0.15, 0.2) is 12.1 Å². The molecule has 0 spiro atoms. The normalized spacial score (nSPS) is 21.0. The molecule has 0 radical (unpaired) electrons. The summed E-state index contributed by atoms with van der Waals surface area (Å²) in [7, 11) is 5.47. The molecule has 140 valence electrons. The molecular formula is C14H15F6IN4. The van der Waals surface area contributed by atoms with Crippen LogP contribution in [0.2, 0.25) is 0 Å². The van der Waals surface area contributed by atoms with Crippen LogP contribution in [0.3, 0.4) is 0 Å². The van der Waals surface area contributed by atoms with Crippen molar-refractivity contribution in [1.29, 1.82) is 0 Å². The van der Waals surface area contributed by atoms with Crippen molar-refractivity contribution in [2.45, 2.75) is 18.5 Å². The minimum Gasteiger partial charge on any atom is -0.345 e. The number of rotatable bonds is 0. The van der Waals surface area contributed by atoms with Gasteiger partial charge in [0.2, 0.25) is 0 Å². The minimum absolute atomic E-state index is 0.252. The van der Waals surface area contributed by atoms with Gasteiger partial charge in [-0.3, -0.25) is 0 Å². The van der Waals surface area contributed by atoms with Crippen LogP contribution in [0.1, 0.15) is 0 Å². The fourth-order valence-electron chi connectivity index (χ4n) is 3.16. The number of halogens is 7. The summed E-state index contributed by atoms with van der Waals surface area (Å²) in [4.78, 5) is 3.20. The number of hydrogen-bond donors (Lipinski definition) is 0. The van der Waals surface area contributed by atoms with Gasteiger partial charge in [0.25, 0.3) is 0 Å². The summed E-state index contributed by atoms with van der Waals surface area (Å²) in [6, 6.07) is 2.94. The van der Waals surface area contributed by atoms with Gasteiger partial charge in [0.1, 0.15) is 0 Å². The van der Waals surface area contributed by atoms with E-state index >= 15 is 0 Å². The Labute approximate surface area is 150 Å². The minimum atomic E-state index is -4.49. The molecule has 0 amide bonds. The molecule has 1 aromatic rings. The average molecular weight is 480 g/mol. The molecule has 0 fully saturated rings. The Morgan fingerprint density at radius 1 is 0.800 bits per heavy atom. The molecule has 0 bridgehead atoms. The van der Waals surface area contributed by atoms with E-state index in [0.29, 0.717) is 11.4 Å². The Bertz CT molecular complexity index is 744. The molecule has 1 atom stereocenters. The van der Waals surface area contributed by atoms with Gasteiger partial charge in [-0.05, 0) is 12.1 Å². The zero-order valence-electron chi connectivity index (χ0n) is 13.7. The van der Waals surface area contributed by atoms with Crippen molar-refractivity contribution in [3.8, 4) is 0 Å². The van der Waals surface area contributed by atoms with E-state index in [4.69, 9.17) is 0 Å². The lowest BCUT2D eigenvalue weighted by atomic mass is 10.2. The molecule has 0 N–H and O–H groups in total. The Morgan fingerprint density at radius 3 is 1.72 bits per heavy atom. The maximum absolute atomic E-state index is 13.3. The highest BCUT2D eigenvalue weighted by Gasteiger charge is 2.51. The second kappa shape index (κ2) is 5.55. The van der Waals surface area contributed by atoms with Gasteiger partial charge in [0, 0.05) is 49.2 Å². The molecular weight excluding hydrogens is 465 g/mol. The van der Waals surface area contributed by atoms with Gasteiger partial charge in [-0.25, -0.2) is 0 Å². The van der Waals surface area contributed by atoms with Crippen LogP contribution in [-0.2, 0) is 0 Å². The van der Waals surface area contributed by atoms with Crippen molar-refractivity contribution in [3.05, 3.63) is 12.1 Å². The molecule has 0 saturated carbocycles. The van der Waals surface area contributed by atoms with E-state index in [9.17, 15) is 26.3 Å². The molecule has 0 saturated heterocycles. The highest BCUT2D eigenvalue weighted by molar-refractivity contribution is 14.2. The number of benzene rings is 1. The zero-order valence-corrected chi connectivity index (χ0v) is 15.8. The van der Waals surface area contributed by atoms with Gasteiger partial charge in [0.15, 0.2) is 9.80 Å². The molecule has 1 aromatic carbocycles. The predicted octanol–water partition coefficient (Wildman–Crippen LogP) is 3.92. The van der Waals surface area contributed by atoms with Crippen molar-refractivity contribution < 1.29 is 26.3 Å². The third-order valence-electron chi connectivity index (χ3n) is 4.29. The lowest BCUT2D eigenvalue weighted by Gasteiger charge is -2.34. The number of alkyl halides is 6. The summed E-state index contributed by atoms with van der Waals surface area (Å²) < 4.78 is 80.6. The summed E-state index contributed by atoms with van der Waals surface area (Å²) in [5.74, 6) is 0. The second-order valence-corrected chi connectivity index (χ2v) is 8.83. The van der Waals surface area contributed by atoms with E-state index < -0.39 is 43.2 Å². The fraction of sp³-hybridized carbons (Fsp3) is 0.500. The van der Waals surface area contributed by atoms with Gasteiger partial charge < -0.3 is 17.8 Å². The highest BCUT2D eigenvalue weighted by Crippen LogP contribution is 2.51. The van der Waals surface area contributed by atoms with E-state index in [1.54, 1.807) is 0 Å². The van der Waals surface area contributed by atoms with Crippen molar-refractivity contribution in [1.82, 2.24) is 0 Å². The van der Waals surface area contributed by atoms with Gasteiger partial charge in [-0.15, -0.1) is 0 Å². The molecule has 2 heterocycles. The fourth-order valence-corrected chi connectivity index (χ4v) is 5.35. The van der Waals surface area contributed by atoms with Crippen LogP contribution in [0.4, 0.5) is 49.1 Å². The first kappa shape index (κ1) is 18.4. The summed E-state index contributed by atoms with van der Waals surface area (Å²) in [6.45, 7) is 0. The van der Waals surface area contributed by atoms with E-state index in [1.165, 1.54) is 43.4 Å². The maximum Gasteiger partial charge on any atom is 0.438 e. The van der Waals surface area contributed by atoms with Crippen LogP contribution in [0.25, 0.3) is 0 Å². The van der Waals surface area contributed by atoms with Gasteiger partial charge in [0.05, 0.1) is 22.7 Å². The van der Waals surface area contributed by atoms with Crippen LogP contribution >= 0.6 is 21.0 Å². The molecule has 4 nitrogen and oxygen atoms in total. The summed E-state index contributed by atoms with van der Waals surface area (Å²) in [6.07, 6.45) is -10.8. The van der Waals surface area contributed by atoms with Crippen molar-refractivity contribution in [2.75, 3.05) is 46.0 Å². The quantitative estimate of drug-likeness (QED) is 0.317. The smallest absolute Gasteiger partial charge is 0.345 e. The molecule has 1 unspecified atom stereocenters. The molecule has 3 rings (SSSR count). The molecule has 0 aliphatic carbocycles. The molecule has 25 heavy (non-hydrogen) atoms. The monoisotopic (exact) mass is 480 g/mol. The van der Waals surface area contributed by atoms with Gasteiger partial charge in [-0.2, -0.15) is 26.3 Å². The predicted molar refractivity (Wildman–Crippen MR) is 95.0 cm³/mol. The summed E-state index contributed by atoms with van der Waals surface area (Å²) >= 11 is -1.50. The molecule has 2 aliphatic heterocycles. The number of anilines is 4. The molecule has 0 aromatic heterocycles.